The SMILES string of the molecule is CC.NNC(=O)C1(c2cccc(Br)c2)CC2(CC2)C1. The number of hydrogen-bond acceptors (Lipinski definition) is 2. The van der Waals surface area contributed by atoms with E-state index in [1.165, 1.54) is 12.8 Å². The van der Waals surface area contributed by atoms with Gasteiger partial charge in [0.2, 0.25) is 5.91 Å². The van der Waals surface area contributed by atoms with Gasteiger partial charge in [-0.2, -0.15) is 0 Å². The summed E-state index contributed by atoms with van der Waals surface area (Å²) in [6.45, 7) is 4.00. The molecule has 0 aromatic heterocycles. The highest BCUT2D eigenvalue weighted by Gasteiger charge is 2.64. The minimum atomic E-state index is -0.394. The van der Waals surface area contributed by atoms with Crippen molar-refractivity contribution >= 4 is 21.8 Å². The molecule has 19 heavy (non-hydrogen) atoms. The summed E-state index contributed by atoms with van der Waals surface area (Å²) < 4.78 is 1.01. The number of hydrogen-bond donors (Lipinski definition) is 2. The van der Waals surface area contributed by atoms with Crippen LogP contribution in [0.1, 0.15) is 45.1 Å². The number of nitrogens with one attached hydrogen (secondary N) is 1. The molecule has 2 fully saturated rings. The maximum absolute atomic E-state index is 12.1. The lowest BCUT2D eigenvalue weighted by Gasteiger charge is -2.47. The molecule has 0 bridgehead atoms. The minimum absolute atomic E-state index is 0.0480. The van der Waals surface area contributed by atoms with E-state index in [0.29, 0.717) is 5.41 Å². The van der Waals surface area contributed by atoms with E-state index in [1.807, 2.05) is 38.1 Å². The van der Waals surface area contributed by atoms with E-state index in [9.17, 15) is 4.79 Å². The molecule has 1 amide bonds. The topological polar surface area (TPSA) is 55.1 Å². The van der Waals surface area contributed by atoms with Crippen LogP contribution in [0.5, 0.6) is 0 Å². The molecule has 3 N–H and O–H groups in total. The monoisotopic (exact) mass is 324 g/mol. The van der Waals surface area contributed by atoms with Gasteiger partial charge in [0, 0.05) is 4.47 Å². The third-order valence-corrected chi connectivity index (χ3v) is 4.75. The second-order valence-corrected chi connectivity index (χ2v) is 6.34. The Labute approximate surface area is 123 Å². The molecule has 0 unspecified atom stereocenters. The molecule has 0 aliphatic heterocycles. The average Bonchev–Trinajstić information content (AvgIpc) is 3.18. The first-order chi connectivity index (χ1) is 9.10. The van der Waals surface area contributed by atoms with Gasteiger partial charge < -0.3 is 0 Å². The number of halogens is 1. The fourth-order valence-corrected chi connectivity index (χ4v) is 3.58. The second kappa shape index (κ2) is 5.25. The van der Waals surface area contributed by atoms with Gasteiger partial charge >= 0.3 is 0 Å². The lowest BCUT2D eigenvalue weighted by Crippen LogP contribution is -2.55. The van der Waals surface area contributed by atoms with Crippen molar-refractivity contribution in [2.45, 2.75) is 44.9 Å². The number of hydrazine groups is 1. The minimum Gasteiger partial charge on any atom is -0.293 e. The smallest absolute Gasteiger partial charge is 0.244 e. The van der Waals surface area contributed by atoms with Crippen molar-refractivity contribution < 1.29 is 4.79 Å². The molecule has 0 atom stereocenters. The van der Waals surface area contributed by atoms with E-state index in [0.717, 1.165) is 22.9 Å². The number of amides is 1. The zero-order valence-electron chi connectivity index (χ0n) is 11.5. The van der Waals surface area contributed by atoms with Crippen molar-refractivity contribution in [2.75, 3.05) is 0 Å². The lowest BCUT2D eigenvalue weighted by atomic mass is 9.56. The Balaban J connectivity index is 0.000000637. The van der Waals surface area contributed by atoms with Gasteiger partial charge in [-0.25, -0.2) is 5.84 Å². The third-order valence-electron chi connectivity index (χ3n) is 4.25. The van der Waals surface area contributed by atoms with Crippen LogP contribution in [0, 0.1) is 5.41 Å². The van der Waals surface area contributed by atoms with Gasteiger partial charge in [-0.3, -0.25) is 10.2 Å². The van der Waals surface area contributed by atoms with E-state index in [1.54, 1.807) is 0 Å². The maximum atomic E-state index is 12.1. The number of carbonyl (C=O) groups is 1. The van der Waals surface area contributed by atoms with Gasteiger partial charge in [0.15, 0.2) is 0 Å². The third kappa shape index (κ3) is 2.43. The van der Waals surface area contributed by atoms with Crippen LogP contribution in [0.15, 0.2) is 28.7 Å². The molecule has 3 rings (SSSR count). The van der Waals surface area contributed by atoms with E-state index in [-0.39, 0.29) is 5.91 Å². The summed E-state index contributed by atoms with van der Waals surface area (Å²) in [4.78, 5) is 12.1. The van der Waals surface area contributed by atoms with Gasteiger partial charge in [0.05, 0.1) is 5.41 Å². The first-order valence-electron chi connectivity index (χ1n) is 6.87. The second-order valence-electron chi connectivity index (χ2n) is 5.42. The van der Waals surface area contributed by atoms with E-state index in [4.69, 9.17) is 5.84 Å². The highest BCUT2D eigenvalue weighted by atomic mass is 79.9. The van der Waals surface area contributed by atoms with Gasteiger partial charge in [-0.15, -0.1) is 0 Å². The van der Waals surface area contributed by atoms with Crippen LogP contribution in [0.2, 0.25) is 0 Å². The van der Waals surface area contributed by atoms with Gasteiger partial charge in [0.1, 0.15) is 0 Å². The van der Waals surface area contributed by atoms with E-state index in [2.05, 4.69) is 21.4 Å². The van der Waals surface area contributed by atoms with Crippen LogP contribution in [-0.2, 0) is 10.2 Å². The summed E-state index contributed by atoms with van der Waals surface area (Å²) in [6, 6.07) is 8.01. The van der Waals surface area contributed by atoms with Gasteiger partial charge in [-0.1, -0.05) is 41.9 Å². The number of rotatable bonds is 2. The zero-order valence-corrected chi connectivity index (χ0v) is 13.1. The summed E-state index contributed by atoms with van der Waals surface area (Å²) in [5.74, 6) is 5.29. The van der Waals surface area contributed by atoms with Crippen LogP contribution in [0.3, 0.4) is 0 Å². The zero-order chi connectivity index (χ0) is 14.1. The Morgan fingerprint density at radius 3 is 2.42 bits per heavy atom. The predicted molar refractivity (Wildman–Crippen MR) is 80.4 cm³/mol. The molecule has 104 valence electrons. The van der Waals surface area contributed by atoms with Crippen LogP contribution in [0.25, 0.3) is 0 Å². The first-order valence-corrected chi connectivity index (χ1v) is 7.67. The number of nitrogens with two attached hydrogens (primary N) is 1. The van der Waals surface area contributed by atoms with Gasteiger partial charge in [-0.05, 0) is 48.8 Å². The van der Waals surface area contributed by atoms with Crippen molar-refractivity contribution in [3.05, 3.63) is 34.3 Å². The molecule has 1 aromatic carbocycles. The summed E-state index contributed by atoms with van der Waals surface area (Å²) in [6.07, 6.45) is 4.42. The molecule has 2 aliphatic carbocycles. The number of carbonyl (C=O) groups excluding carboxylic acids is 1. The van der Waals surface area contributed by atoms with Crippen molar-refractivity contribution in [1.82, 2.24) is 5.43 Å². The Morgan fingerprint density at radius 2 is 1.95 bits per heavy atom. The first kappa shape index (κ1) is 14.5. The lowest BCUT2D eigenvalue weighted by molar-refractivity contribution is -0.133. The Morgan fingerprint density at radius 1 is 1.32 bits per heavy atom. The standard InChI is InChI=1S/C13H15BrN2O.C2H6/c14-10-3-1-2-9(6-10)13(11(17)16-15)7-12(8-13)4-5-12;1-2/h1-3,6H,4-5,7-8,15H2,(H,16,17);1-2H3. The molecule has 3 nitrogen and oxygen atoms in total. The van der Waals surface area contributed by atoms with Crippen molar-refractivity contribution in [3.63, 3.8) is 0 Å². The molecule has 1 aromatic rings. The molecular formula is C15H21BrN2O. The molecule has 0 heterocycles. The molecule has 1 spiro atoms. The van der Waals surface area contributed by atoms with Crippen LogP contribution in [0.4, 0.5) is 0 Å². The fourth-order valence-electron chi connectivity index (χ4n) is 3.18. The summed E-state index contributed by atoms with van der Waals surface area (Å²) in [5.41, 5.74) is 3.47. The Hall–Kier alpha value is -0.870. The molecule has 4 heteroatoms. The predicted octanol–water partition coefficient (Wildman–Crippen LogP) is 3.28. The van der Waals surface area contributed by atoms with Gasteiger partial charge in [0.25, 0.3) is 0 Å². The molecular weight excluding hydrogens is 304 g/mol. The highest BCUT2D eigenvalue weighted by Crippen LogP contribution is 2.69. The van der Waals surface area contributed by atoms with Crippen LogP contribution in [-0.4, -0.2) is 5.91 Å². The Bertz CT molecular complexity index is 475. The van der Waals surface area contributed by atoms with Crippen molar-refractivity contribution in [3.8, 4) is 0 Å². The van der Waals surface area contributed by atoms with Crippen LogP contribution < -0.4 is 11.3 Å². The number of benzene rings is 1. The normalized spacial score (nSPS) is 20.8. The molecule has 2 saturated carbocycles. The highest BCUT2D eigenvalue weighted by molar-refractivity contribution is 9.10. The average molecular weight is 325 g/mol. The molecule has 0 radical (unpaired) electrons. The quantitative estimate of drug-likeness (QED) is 0.498. The summed E-state index contributed by atoms with van der Waals surface area (Å²) in [7, 11) is 0. The molecule has 0 saturated heterocycles. The summed E-state index contributed by atoms with van der Waals surface area (Å²) >= 11 is 3.46. The van der Waals surface area contributed by atoms with E-state index < -0.39 is 5.41 Å². The van der Waals surface area contributed by atoms with Crippen molar-refractivity contribution in [1.29, 1.82) is 0 Å². The van der Waals surface area contributed by atoms with E-state index >= 15 is 0 Å². The maximum Gasteiger partial charge on any atom is 0.244 e. The largest absolute Gasteiger partial charge is 0.293 e. The van der Waals surface area contributed by atoms with Crippen molar-refractivity contribution in [2.24, 2.45) is 11.3 Å². The summed E-state index contributed by atoms with van der Waals surface area (Å²) in [5, 5.41) is 0. The Kier molecular flexibility index (Phi) is 4.02. The molecule has 2 aliphatic rings. The van der Waals surface area contributed by atoms with Crippen LogP contribution >= 0.6 is 15.9 Å². The fraction of sp³-hybridized carbons (Fsp3) is 0.533.